The number of unbranched alkanes of at least 4 members (excludes halogenated alkanes) is 2. The van der Waals surface area contributed by atoms with Gasteiger partial charge in [-0.2, -0.15) is 0 Å². The SMILES string of the molecule is CCCCCn1c2c(c(=O)n3c(Cc4ccc5c(c4)OCO5)nnc13)CC(Br)=N2. The monoisotopic (exact) mass is 457 g/mol. The van der Waals surface area contributed by atoms with Crippen LogP contribution in [-0.2, 0) is 19.4 Å². The fraction of sp³-hybridized carbons (Fsp3) is 0.400. The Kier molecular flexibility index (Phi) is 4.61. The number of benzene rings is 1. The molecule has 8 nitrogen and oxygen atoms in total. The van der Waals surface area contributed by atoms with Gasteiger partial charge in [0.2, 0.25) is 12.6 Å². The third-order valence-electron chi connectivity index (χ3n) is 5.28. The first-order valence-electron chi connectivity index (χ1n) is 9.77. The number of aliphatic imine (C=N–C) groups is 1. The standard InChI is InChI=1S/C20H20BrN5O3/c1-2-3-4-7-25-18-13(10-16(21)22-18)19(27)26-17(23-24-20(25)26)9-12-5-6-14-15(8-12)29-11-28-14/h5-6,8H,2-4,7,9-11H2,1H3. The fourth-order valence-electron chi connectivity index (χ4n) is 3.83. The summed E-state index contributed by atoms with van der Waals surface area (Å²) in [5.41, 5.74) is 1.58. The first kappa shape index (κ1) is 18.4. The van der Waals surface area contributed by atoms with Crippen LogP contribution in [0.1, 0.15) is 43.1 Å². The third-order valence-corrected chi connectivity index (χ3v) is 5.73. The summed E-state index contributed by atoms with van der Waals surface area (Å²) in [5, 5.41) is 8.72. The van der Waals surface area contributed by atoms with Gasteiger partial charge in [0.15, 0.2) is 11.5 Å². The van der Waals surface area contributed by atoms with E-state index in [-0.39, 0.29) is 12.4 Å². The van der Waals surface area contributed by atoms with Crippen molar-refractivity contribution in [2.75, 3.05) is 6.79 Å². The second-order valence-electron chi connectivity index (χ2n) is 7.25. The Hall–Kier alpha value is -2.68. The van der Waals surface area contributed by atoms with E-state index in [1.54, 1.807) is 4.40 Å². The highest BCUT2D eigenvalue weighted by molar-refractivity contribution is 9.18. The van der Waals surface area contributed by atoms with Crippen molar-refractivity contribution in [1.82, 2.24) is 19.2 Å². The number of aromatic nitrogens is 4. The van der Waals surface area contributed by atoms with Crippen LogP contribution < -0.4 is 15.0 Å². The van der Waals surface area contributed by atoms with E-state index < -0.39 is 0 Å². The average Bonchev–Trinajstić information content (AvgIpc) is 3.42. The number of halogens is 1. The molecule has 0 radical (unpaired) electrons. The molecule has 0 spiro atoms. The van der Waals surface area contributed by atoms with Crippen LogP contribution in [0.2, 0.25) is 0 Å². The molecule has 1 aromatic carbocycles. The quantitative estimate of drug-likeness (QED) is 0.529. The highest BCUT2D eigenvalue weighted by Gasteiger charge is 2.25. The number of hydrogen-bond acceptors (Lipinski definition) is 6. The Morgan fingerprint density at radius 2 is 2.03 bits per heavy atom. The molecule has 0 aliphatic carbocycles. The lowest BCUT2D eigenvalue weighted by molar-refractivity contribution is 0.174. The summed E-state index contributed by atoms with van der Waals surface area (Å²) in [6.45, 7) is 3.16. The van der Waals surface area contributed by atoms with Gasteiger partial charge in [0, 0.05) is 19.4 Å². The average molecular weight is 458 g/mol. The Morgan fingerprint density at radius 3 is 2.90 bits per heavy atom. The van der Waals surface area contributed by atoms with Gasteiger partial charge in [-0.25, -0.2) is 9.39 Å². The zero-order chi connectivity index (χ0) is 20.0. The highest BCUT2D eigenvalue weighted by atomic mass is 79.9. The maximum Gasteiger partial charge on any atom is 0.266 e. The lowest BCUT2D eigenvalue weighted by Crippen LogP contribution is -2.23. The largest absolute Gasteiger partial charge is 0.454 e. The molecule has 0 fully saturated rings. The van der Waals surface area contributed by atoms with Gasteiger partial charge in [0.05, 0.1) is 10.2 Å². The molecule has 2 aromatic heterocycles. The number of rotatable bonds is 6. The van der Waals surface area contributed by atoms with Crippen LogP contribution in [0.25, 0.3) is 5.78 Å². The number of hydrogen-bond donors (Lipinski definition) is 0. The van der Waals surface area contributed by atoms with E-state index in [9.17, 15) is 4.79 Å². The molecular formula is C20H20BrN5O3. The van der Waals surface area contributed by atoms with Gasteiger partial charge >= 0.3 is 0 Å². The Labute approximate surface area is 175 Å². The highest BCUT2D eigenvalue weighted by Crippen LogP contribution is 2.33. The van der Waals surface area contributed by atoms with Crippen LogP contribution >= 0.6 is 15.9 Å². The molecule has 2 aliphatic rings. The fourth-order valence-corrected chi connectivity index (χ4v) is 4.28. The van der Waals surface area contributed by atoms with Crippen LogP contribution in [0.4, 0.5) is 5.82 Å². The van der Waals surface area contributed by atoms with Crippen molar-refractivity contribution < 1.29 is 9.47 Å². The van der Waals surface area contributed by atoms with Crippen molar-refractivity contribution >= 4 is 32.1 Å². The van der Waals surface area contributed by atoms with Crippen LogP contribution in [0.3, 0.4) is 0 Å². The first-order valence-corrected chi connectivity index (χ1v) is 10.6. The second-order valence-corrected chi connectivity index (χ2v) is 8.16. The molecular weight excluding hydrogens is 438 g/mol. The number of ether oxygens (including phenoxy) is 2. The molecule has 29 heavy (non-hydrogen) atoms. The van der Waals surface area contributed by atoms with Crippen molar-refractivity contribution in [3.63, 3.8) is 0 Å². The molecule has 0 N–H and O–H groups in total. The molecule has 4 heterocycles. The van der Waals surface area contributed by atoms with Crippen LogP contribution in [-0.4, -0.2) is 30.6 Å². The van der Waals surface area contributed by atoms with Gasteiger partial charge in [-0.15, -0.1) is 10.2 Å². The van der Waals surface area contributed by atoms with Crippen molar-refractivity contribution in [2.24, 2.45) is 4.99 Å². The summed E-state index contributed by atoms with van der Waals surface area (Å²) >= 11 is 3.46. The molecule has 0 saturated heterocycles. The van der Waals surface area contributed by atoms with Gasteiger partial charge in [0.1, 0.15) is 11.6 Å². The summed E-state index contributed by atoms with van der Waals surface area (Å²) < 4.78 is 15.3. The molecule has 0 unspecified atom stereocenters. The molecule has 0 bridgehead atoms. The number of fused-ring (bicyclic) bond motifs is 3. The van der Waals surface area contributed by atoms with E-state index in [1.807, 2.05) is 22.8 Å². The molecule has 0 saturated carbocycles. The van der Waals surface area contributed by atoms with E-state index >= 15 is 0 Å². The maximum atomic E-state index is 13.2. The molecule has 3 aromatic rings. The third kappa shape index (κ3) is 3.13. The number of aryl methyl sites for hydroxylation is 1. The van der Waals surface area contributed by atoms with Gasteiger partial charge in [-0.3, -0.25) is 9.36 Å². The van der Waals surface area contributed by atoms with Crippen LogP contribution in [0.5, 0.6) is 11.5 Å². The smallest absolute Gasteiger partial charge is 0.266 e. The molecule has 9 heteroatoms. The molecule has 0 amide bonds. The lowest BCUT2D eigenvalue weighted by atomic mass is 10.1. The van der Waals surface area contributed by atoms with Crippen LogP contribution in [0.15, 0.2) is 28.0 Å². The lowest BCUT2D eigenvalue weighted by Gasteiger charge is -2.12. The van der Waals surface area contributed by atoms with E-state index in [2.05, 4.69) is 38.0 Å². The predicted molar refractivity (Wildman–Crippen MR) is 112 cm³/mol. The minimum absolute atomic E-state index is 0.0966. The van der Waals surface area contributed by atoms with Crippen molar-refractivity contribution in [3.05, 3.63) is 45.5 Å². The summed E-state index contributed by atoms with van der Waals surface area (Å²) in [6, 6.07) is 5.77. The minimum Gasteiger partial charge on any atom is -0.454 e. The summed E-state index contributed by atoms with van der Waals surface area (Å²) in [5.74, 6) is 3.31. The van der Waals surface area contributed by atoms with Gasteiger partial charge in [0.25, 0.3) is 5.56 Å². The Morgan fingerprint density at radius 1 is 1.17 bits per heavy atom. The molecule has 2 aliphatic heterocycles. The second kappa shape index (κ2) is 7.29. The van der Waals surface area contributed by atoms with Crippen LogP contribution in [0, 0.1) is 0 Å². The van der Waals surface area contributed by atoms with E-state index in [0.29, 0.717) is 41.6 Å². The first-order chi connectivity index (χ1) is 14.2. The summed E-state index contributed by atoms with van der Waals surface area (Å²) in [6.07, 6.45) is 4.20. The number of nitrogens with zero attached hydrogens (tertiary/aromatic N) is 5. The maximum absolute atomic E-state index is 13.2. The van der Waals surface area contributed by atoms with Gasteiger partial charge in [-0.05, 0) is 40.0 Å². The zero-order valence-corrected chi connectivity index (χ0v) is 17.6. The van der Waals surface area contributed by atoms with E-state index in [0.717, 1.165) is 41.7 Å². The van der Waals surface area contributed by atoms with Gasteiger partial charge < -0.3 is 9.47 Å². The zero-order valence-electron chi connectivity index (χ0n) is 16.0. The van der Waals surface area contributed by atoms with Crippen molar-refractivity contribution in [2.45, 2.75) is 45.6 Å². The predicted octanol–water partition coefficient (Wildman–Crippen LogP) is 3.38. The Bertz CT molecular complexity index is 1200. The van der Waals surface area contributed by atoms with Crippen molar-refractivity contribution in [1.29, 1.82) is 0 Å². The van der Waals surface area contributed by atoms with Crippen molar-refractivity contribution in [3.8, 4) is 11.5 Å². The molecule has 150 valence electrons. The van der Waals surface area contributed by atoms with E-state index in [1.165, 1.54) is 0 Å². The topological polar surface area (TPSA) is 83.0 Å². The summed E-state index contributed by atoms with van der Waals surface area (Å²) in [4.78, 5) is 17.8. The molecule has 5 rings (SSSR count). The Balaban J connectivity index is 1.59. The van der Waals surface area contributed by atoms with Gasteiger partial charge in [-0.1, -0.05) is 25.8 Å². The summed E-state index contributed by atoms with van der Waals surface area (Å²) in [7, 11) is 0. The molecule has 0 atom stereocenters. The minimum atomic E-state index is -0.0966. The normalized spacial score (nSPS) is 14.5. The van der Waals surface area contributed by atoms with E-state index in [4.69, 9.17) is 9.47 Å².